The Balaban J connectivity index is 1.82. The molecule has 0 radical (unpaired) electrons. The van der Waals surface area contributed by atoms with E-state index in [4.69, 9.17) is 4.42 Å². The second-order valence-corrected chi connectivity index (χ2v) is 5.37. The summed E-state index contributed by atoms with van der Waals surface area (Å²) >= 11 is 0. The van der Waals surface area contributed by atoms with Crippen LogP contribution in [0.2, 0.25) is 0 Å². The smallest absolute Gasteiger partial charge is 0.315 e. The van der Waals surface area contributed by atoms with Gasteiger partial charge < -0.3 is 20.2 Å². The van der Waals surface area contributed by atoms with E-state index in [0.717, 1.165) is 5.56 Å². The molecule has 0 saturated heterocycles. The maximum Gasteiger partial charge on any atom is 0.315 e. The van der Waals surface area contributed by atoms with Crippen LogP contribution in [0.1, 0.15) is 23.8 Å². The molecule has 0 aliphatic rings. The predicted octanol–water partition coefficient (Wildman–Crippen LogP) is 2.43. The van der Waals surface area contributed by atoms with Crippen molar-refractivity contribution in [3.05, 3.63) is 59.3 Å². The fourth-order valence-corrected chi connectivity index (χ4v) is 1.99. The predicted molar refractivity (Wildman–Crippen MR) is 79.7 cm³/mol. The van der Waals surface area contributed by atoms with Gasteiger partial charge in [0.25, 0.3) is 0 Å². The lowest BCUT2D eigenvalue weighted by Gasteiger charge is -2.21. The van der Waals surface area contributed by atoms with Crippen LogP contribution in [0.25, 0.3) is 0 Å². The van der Waals surface area contributed by atoms with Crippen LogP contribution in [-0.2, 0) is 12.1 Å². The number of hydrogen-bond acceptors (Lipinski definition) is 3. The molecular weight excluding hydrogens is 287 g/mol. The molecule has 6 heteroatoms. The molecule has 1 aromatic heterocycles. The molecule has 3 N–H and O–H groups in total. The number of urea groups is 1. The van der Waals surface area contributed by atoms with E-state index in [1.807, 2.05) is 0 Å². The van der Waals surface area contributed by atoms with Crippen LogP contribution < -0.4 is 10.6 Å². The van der Waals surface area contributed by atoms with Crippen molar-refractivity contribution in [1.29, 1.82) is 0 Å². The third kappa shape index (κ3) is 4.08. The van der Waals surface area contributed by atoms with Gasteiger partial charge in [0.15, 0.2) is 0 Å². The van der Waals surface area contributed by atoms with Crippen LogP contribution in [0, 0.1) is 12.7 Å². The molecule has 0 aliphatic heterocycles. The van der Waals surface area contributed by atoms with Gasteiger partial charge in [-0.1, -0.05) is 12.1 Å². The molecule has 0 spiro atoms. The maximum atomic E-state index is 13.1. The molecule has 22 heavy (non-hydrogen) atoms. The Kier molecular flexibility index (Phi) is 4.82. The van der Waals surface area contributed by atoms with E-state index >= 15 is 0 Å². The molecule has 1 heterocycles. The summed E-state index contributed by atoms with van der Waals surface area (Å²) in [6, 6.07) is 7.54. The summed E-state index contributed by atoms with van der Waals surface area (Å²) in [5.74, 6) is 0.102. The molecule has 5 nitrogen and oxygen atoms in total. The first-order valence-corrected chi connectivity index (χ1v) is 6.91. The molecule has 1 aromatic carbocycles. The SMILES string of the molecule is Cc1cc(CNC(=O)NCC(C)(O)c2ccco2)ccc1F. The number of benzene rings is 1. The van der Waals surface area contributed by atoms with Gasteiger partial charge in [-0.2, -0.15) is 0 Å². The number of aliphatic hydroxyl groups is 1. The Morgan fingerprint density at radius 3 is 2.77 bits per heavy atom. The van der Waals surface area contributed by atoms with Crippen LogP contribution in [-0.4, -0.2) is 17.7 Å². The normalized spacial score (nSPS) is 13.5. The van der Waals surface area contributed by atoms with Crippen molar-refractivity contribution in [1.82, 2.24) is 10.6 Å². The lowest BCUT2D eigenvalue weighted by Crippen LogP contribution is -2.43. The zero-order valence-corrected chi connectivity index (χ0v) is 12.5. The Morgan fingerprint density at radius 2 is 2.14 bits per heavy atom. The molecule has 118 valence electrons. The number of furan rings is 1. The van der Waals surface area contributed by atoms with Gasteiger partial charge >= 0.3 is 6.03 Å². The first-order valence-electron chi connectivity index (χ1n) is 6.91. The van der Waals surface area contributed by atoms with Crippen LogP contribution in [0.5, 0.6) is 0 Å². The molecule has 1 atom stereocenters. The van der Waals surface area contributed by atoms with Gasteiger partial charge in [0.1, 0.15) is 17.2 Å². The summed E-state index contributed by atoms with van der Waals surface area (Å²) < 4.78 is 18.3. The summed E-state index contributed by atoms with van der Waals surface area (Å²) in [6.07, 6.45) is 1.46. The van der Waals surface area contributed by atoms with E-state index in [-0.39, 0.29) is 18.9 Å². The number of rotatable bonds is 5. The average Bonchev–Trinajstić information content (AvgIpc) is 3.01. The third-order valence-corrected chi connectivity index (χ3v) is 3.32. The van der Waals surface area contributed by atoms with Crippen molar-refractivity contribution < 1.29 is 18.7 Å². The van der Waals surface area contributed by atoms with Crippen molar-refractivity contribution in [2.75, 3.05) is 6.54 Å². The number of carbonyl (C=O) groups excluding carboxylic acids is 1. The quantitative estimate of drug-likeness (QED) is 0.794. The van der Waals surface area contributed by atoms with Crippen molar-refractivity contribution in [3.8, 4) is 0 Å². The minimum atomic E-state index is -1.28. The second kappa shape index (κ2) is 6.62. The summed E-state index contributed by atoms with van der Waals surface area (Å²) in [5, 5.41) is 15.4. The fourth-order valence-electron chi connectivity index (χ4n) is 1.99. The lowest BCUT2D eigenvalue weighted by molar-refractivity contribution is 0.0367. The van der Waals surface area contributed by atoms with E-state index < -0.39 is 11.6 Å². The van der Waals surface area contributed by atoms with Gasteiger partial charge in [-0.25, -0.2) is 9.18 Å². The monoisotopic (exact) mass is 306 g/mol. The highest BCUT2D eigenvalue weighted by atomic mass is 19.1. The summed E-state index contributed by atoms with van der Waals surface area (Å²) in [4.78, 5) is 11.7. The molecule has 2 rings (SSSR count). The zero-order chi connectivity index (χ0) is 16.2. The van der Waals surface area contributed by atoms with Gasteiger partial charge in [0.2, 0.25) is 0 Å². The van der Waals surface area contributed by atoms with E-state index in [1.165, 1.54) is 12.3 Å². The van der Waals surface area contributed by atoms with Gasteiger partial charge in [0, 0.05) is 6.54 Å². The van der Waals surface area contributed by atoms with Crippen molar-refractivity contribution in [3.63, 3.8) is 0 Å². The van der Waals surface area contributed by atoms with Crippen molar-refractivity contribution in [2.24, 2.45) is 0 Å². The molecule has 0 fully saturated rings. The number of carbonyl (C=O) groups is 1. The van der Waals surface area contributed by atoms with Crippen LogP contribution in [0.4, 0.5) is 9.18 Å². The average molecular weight is 306 g/mol. The fraction of sp³-hybridized carbons (Fsp3) is 0.312. The molecule has 0 aliphatic carbocycles. The topological polar surface area (TPSA) is 74.5 Å². The minimum absolute atomic E-state index is 0.00872. The summed E-state index contributed by atoms with van der Waals surface area (Å²) in [5.41, 5.74) is 0.0418. The largest absolute Gasteiger partial charge is 0.466 e. The van der Waals surface area contributed by atoms with E-state index in [1.54, 1.807) is 38.1 Å². The number of amides is 2. The van der Waals surface area contributed by atoms with Crippen molar-refractivity contribution >= 4 is 6.03 Å². The van der Waals surface area contributed by atoms with Crippen molar-refractivity contribution in [2.45, 2.75) is 26.0 Å². The first kappa shape index (κ1) is 16.0. The molecule has 2 amide bonds. The van der Waals surface area contributed by atoms with Crippen LogP contribution in [0.3, 0.4) is 0 Å². The van der Waals surface area contributed by atoms with Crippen LogP contribution >= 0.6 is 0 Å². The summed E-state index contributed by atoms with van der Waals surface area (Å²) in [6.45, 7) is 3.50. The van der Waals surface area contributed by atoms with Gasteiger partial charge in [-0.05, 0) is 43.2 Å². The minimum Gasteiger partial charge on any atom is -0.466 e. The Labute approximate surface area is 128 Å². The highest BCUT2D eigenvalue weighted by Gasteiger charge is 2.26. The maximum absolute atomic E-state index is 13.1. The number of nitrogens with one attached hydrogen (secondary N) is 2. The number of hydrogen-bond donors (Lipinski definition) is 3. The Hall–Kier alpha value is -2.34. The molecule has 2 aromatic rings. The van der Waals surface area contributed by atoms with Gasteiger partial charge in [0.05, 0.1) is 12.8 Å². The standard InChI is InChI=1S/C16H19FN2O3/c1-11-8-12(5-6-13(11)17)9-18-15(20)19-10-16(2,21)14-4-3-7-22-14/h3-8,21H,9-10H2,1-2H3,(H2,18,19,20). The van der Waals surface area contributed by atoms with Gasteiger partial charge in [-0.3, -0.25) is 0 Å². The molecule has 1 unspecified atom stereocenters. The zero-order valence-electron chi connectivity index (χ0n) is 12.5. The van der Waals surface area contributed by atoms with Gasteiger partial charge in [-0.15, -0.1) is 0 Å². The number of halogens is 1. The van der Waals surface area contributed by atoms with E-state index in [0.29, 0.717) is 11.3 Å². The van der Waals surface area contributed by atoms with Crippen LogP contribution in [0.15, 0.2) is 41.0 Å². The molecule has 0 saturated carbocycles. The number of aryl methyl sites for hydroxylation is 1. The Bertz CT molecular complexity index is 639. The lowest BCUT2D eigenvalue weighted by atomic mass is 10.0. The van der Waals surface area contributed by atoms with E-state index in [9.17, 15) is 14.3 Å². The Morgan fingerprint density at radius 1 is 1.36 bits per heavy atom. The highest BCUT2D eigenvalue weighted by Crippen LogP contribution is 2.19. The first-order chi connectivity index (χ1) is 10.4. The third-order valence-electron chi connectivity index (χ3n) is 3.32. The summed E-state index contributed by atoms with van der Waals surface area (Å²) in [7, 11) is 0. The molecule has 0 bridgehead atoms. The molecular formula is C16H19FN2O3. The second-order valence-electron chi connectivity index (χ2n) is 5.37. The van der Waals surface area contributed by atoms with E-state index in [2.05, 4.69) is 10.6 Å². The highest BCUT2D eigenvalue weighted by molar-refractivity contribution is 5.73.